The van der Waals surface area contributed by atoms with Crippen molar-refractivity contribution in [3.8, 4) is 5.75 Å². The van der Waals surface area contributed by atoms with Crippen molar-refractivity contribution in [3.05, 3.63) is 65.1 Å². The van der Waals surface area contributed by atoms with Crippen LogP contribution in [-0.4, -0.2) is 42.4 Å². The molecule has 3 heterocycles. The Kier molecular flexibility index (Phi) is 4.56. The Hall–Kier alpha value is -3.24. The standard InChI is InChI=1S/C21H19FN4O4S/c22-14-6-4-13(5-7-14)11-25-12-16-17(21(25)28)20(27)18-15(3-1-8-23-18)19(16)26-10-2-9-24-31(26,29)30/h1,3-8,24,27H,2,9-12H2. The number of anilines is 1. The number of nitrogens with zero attached hydrogens (tertiary/aromatic N) is 3. The summed E-state index contributed by atoms with van der Waals surface area (Å²) in [6.45, 7) is 0.903. The van der Waals surface area contributed by atoms with Gasteiger partial charge in [-0.15, -0.1) is 0 Å². The third-order valence-electron chi connectivity index (χ3n) is 5.61. The second kappa shape index (κ2) is 7.17. The maximum Gasteiger partial charge on any atom is 0.301 e. The molecule has 0 atom stereocenters. The number of aromatic hydroxyl groups is 1. The summed E-state index contributed by atoms with van der Waals surface area (Å²) in [6.07, 6.45) is 2.08. The first-order valence-electron chi connectivity index (χ1n) is 9.80. The van der Waals surface area contributed by atoms with Gasteiger partial charge in [0.2, 0.25) is 0 Å². The lowest BCUT2D eigenvalue weighted by molar-refractivity contribution is 0.0764. The Labute approximate surface area is 178 Å². The van der Waals surface area contributed by atoms with Crippen LogP contribution in [0.1, 0.15) is 27.9 Å². The SMILES string of the molecule is O=C1c2c(c(N3CCCNS3(=O)=O)c3cccnc3c2O)CN1Cc1ccc(F)cc1. The fourth-order valence-electron chi connectivity index (χ4n) is 4.21. The number of halogens is 1. The zero-order valence-corrected chi connectivity index (χ0v) is 17.2. The third-order valence-corrected chi connectivity index (χ3v) is 7.12. The largest absolute Gasteiger partial charge is 0.505 e. The number of aromatic nitrogens is 1. The molecule has 0 bridgehead atoms. The van der Waals surface area contributed by atoms with E-state index in [9.17, 15) is 22.7 Å². The highest BCUT2D eigenvalue weighted by molar-refractivity contribution is 7.91. The van der Waals surface area contributed by atoms with E-state index in [1.807, 2.05) is 0 Å². The molecule has 5 rings (SSSR count). The van der Waals surface area contributed by atoms with E-state index in [-0.39, 0.29) is 42.3 Å². The second-order valence-electron chi connectivity index (χ2n) is 7.56. The quantitative estimate of drug-likeness (QED) is 0.648. The zero-order valence-electron chi connectivity index (χ0n) is 16.4. The molecule has 160 valence electrons. The summed E-state index contributed by atoms with van der Waals surface area (Å²) < 4.78 is 42.6. The number of hydrogen-bond acceptors (Lipinski definition) is 5. The molecule has 1 aromatic heterocycles. The average molecular weight is 442 g/mol. The van der Waals surface area contributed by atoms with Crippen LogP contribution in [0.15, 0.2) is 42.6 Å². The number of phenols is 1. The molecule has 1 amide bonds. The molecular formula is C21H19FN4O4S. The highest BCUT2D eigenvalue weighted by Crippen LogP contribution is 2.45. The van der Waals surface area contributed by atoms with Crippen LogP contribution >= 0.6 is 0 Å². The van der Waals surface area contributed by atoms with Crippen molar-refractivity contribution in [2.45, 2.75) is 19.5 Å². The summed E-state index contributed by atoms with van der Waals surface area (Å²) in [5.74, 6) is -1.06. The fraction of sp³-hybridized carbons (Fsp3) is 0.238. The molecule has 8 nitrogen and oxygen atoms in total. The second-order valence-corrected chi connectivity index (χ2v) is 9.24. The molecule has 0 radical (unpaired) electrons. The smallest absolute Gasteiger partial charge is 0.301 e. The van der Waals surface area contributed by atoms with Crippen molar-refractivity contribution in [2.75, 3.05) is 17.4 Å². The van der Waals surface area contributed by atoms with Crippen LogP contribution in [-0.2, 0) is 23.3 Å². The number of benzene rings is 2. The van der Waals surface area contributed by atoms with Crippen molar-refractivity contribution in [1.82, 2.24) is 14.6 Å². The minimum absolute atomic E-state index is 0.0593. The summed E-state index contributed by atoms with van der Waals surface area (Å²) in [4.78, 5) is 18.9. The highest BCUT2D eigenvalue weighted by atomic mass is 32.2. The molecule has 2 aromatic carbocycles. The third kappa shape index (κ3) is 3.19. The van der Waals surface area contributed by atoms with Crippen LogP contribution < -0.4 is 9.03 Å². The van der Waals surface area contributed by atoms with Crippen LogP contribution in [0.2, 0.25) is 0 Å². The summed E-state index contributed by atoms with van der Waals surface area (Å²) in [5, 5.41) is 11.3. The van der Waals surface area contributed by atoms with Gasteiger partial charge in [-0.3, -0.25) is 14.1 Å². The van der Waals surface area contributed by atoms with Crippen LogP contribution in [0, 0.1) is 5.82 Å². The lowest BCUT2D eigenvalue weighted by Crippen LogP contribution is -2.47. The number of nitrogens with one attached hydrogen (secondary N) is 1. The number of amides is 1. The van der Waals surface area contributed by atoms with E-state index >= 15 is 0 Å². The summed E-state index contributed by atoms with van der Waals surface area (Å²) in [6, 6.07) is 9.16. The number of fused-ring (bicyclic) bond motifs is 2. The lowest BCUT2D eigenvalue weighted by atomic mass is 10.0. The van der Waals surface area contributed by atoms with Gasteiger partial charge in [0.1, 0.15) is 11.3 Å². The van der Waals surface area contributed by atoms with E-state index in [0.29, 0.717) is 29.6 Å². The minimum Gasteiger partial charge on any atom is -0.505 e. The first-order chi connectivity index (χ1) is 14.9. The summed E-state index contributed by atoms with van der Waals surface area (Å²) in [7, 11) is -3.80. The van der Waals surface area contributed by atoms with E-state index in [1.54, 1.807) is 24.3 Å². The number of carbonyl (C=O) groups excluding carboxylic acids is 1. The number of hydrogen-bond donors (Lipinski definition) is 2. The summed E-state index contributed by atoms with van der Waals surface area (Å²) >= 11 is 0. The zero-order chi connectivity index (χ0) is 21.8. The number of rotatable bonds is 3. The van der Waals surface area contributed by atoms with E-state index in [1.165, 1.54) is 27.5 Å². The molecule has 2 aliphatic rings. The van der Waals surface area contributed by atoms with E-state index in [4.69, 9.17) is 0 Å². The minimum atomic E-state index is -3.80. The average Bonchev–Trinajstić information content (AvgIpc) is 3.07. The first kappa shape index (κ1) is 19.7. The fourth-order valence-corrected chi connectivity index (χ4v) is 5.59. The molecule has 2 N–H and O–H groups in total. The van der Waals surface area contributed by atoms with E-state index < -0.39 is 16.1 Å². The molecule has 2 aliphatic heterocycles. The van der Waals surface area contributed by atoms with Gasteiger partial charge in [-0.25, -0.2) is 4.39 Å². The van der Waals surface area contributed by atoms with Crippen molar-refractivity contribution in [1.29, 1.82) is 0 Å². The van der Waals surface area contributed by atoms with Gasteiger partial charge >= 0.3 is 10.2 Å². The van der Waals surface area contributed by atoms with Crippen LogP contribution in [0.25, 0.3) is 10.9 Å². The monoisotopic (exact) mass is 442 g/mol. The van der Waals surface area contributed by atoms with E-state index in [2.05, 4.69) is 9.71 Å². The highest BCUT2D eigenvalue weighted by Gasteiger charge is 2.39. The molecule has 1 fully saturated rings. The van der Waals surface area contributed by atoms with Gasteiger partial charge in [0.05, 0.1) is 11.3 Å². The molecule has 31 heavy (non-hydrogen) atoms. The van der Waals surface area contributed by atoms with Crippen molar-refractivity contribution >= 4 is 32.7 Å². The van der Waals surface area contributed by atoms with Gasteiger partial charge in [0.15, 0.2) is 5.75 Å². The van der Waals surface area contributed by atoms with Crippen molar-refractivity contribution in [2.24, 2.45) is 0 Å². The maximum absolute atomic E-state index is 13.2. The Bertz CT molecular complexity index is 1310. The first-order valence-corrected chi connectivity index (χ1v) is 11.2. The van der Waals surface area contributed by atoms with Gasteiger partial charge in [0, 0.05) is 43.3 Å². The number of phenolic OH excluding ortho intramolecular Hbond substituents is 1. The van der Waals surface area contributed by atoms with Crippen LogP contribution in [0.5, 0.6) is 5.75 Å². The van der Waals surface area contributed by atoms with Crippen molar-refractivity contribution < 1.29 is 22.7 Å². The topological polar surface area (TPSA) is 103 Å². The number of pyridine rings is 1. The molecule has 0 unspecified atom stereocenters. The Morgan fingerprint density at radius 2 is 1.97 bits per heavy atom. The predicted octanol–water partition coefficient (Wildman–Crippen LogP) is 2.28. The lowest BCUT2D eigenvalue weighted by Gasteiger charge is -2.31. The molecule has 0 saturated carbocycles. The predicted molar refractivity (Wildman–Crippen MR) is 112 cm³/mol. The Morgan fingerprint density at radius 1 is 1.19 bits per heavy atom. The van der Waals surface area contributed by atoms with Crippen LogP contribution in [0.4, 0.5) is 10.1 Å². The van der Waals surface area contributed by atoms with Gasteiger partial charge in [0.25, 0.3) is 5.91 Å². The van der Waals surface area contributed by atoms with Crippen LogP contribution in [0.3, 0.4) is 0 Å². The molecule has 1 saturated heterocycles. The van der Waals surface area contributed by atoms with Gasteiger partial charge in [-0.2, -0.15) is 13.1 Å². The number of carbonyl (C=O) groups is 1. The molecule has 10 heteroatoms. The maximum atomic E-state index is 13.2. The molecule has 3 aromatic rings. The van der Waals surface area contributed by atoms with Gasteiger partial charge < -0.3 is 10.0 Å². The normalized spacial score (nSPS) is 17.9. The molecule has 0 aliphatic carbocycles. The van der Waals surface area contributed by atoms with Gasteiger partial charge in [-0.1, -0.05) is 12.1 Å². The van der Waals surface area contributed by atoms with Crippen molar-refractivity contribution in [3.63, 3.8) is 0 Å². The molecular weight excluding hydrogens is 423 g/mol. The van der Waals surface area contributed by atoms with E-state index in [0.717, 1.165) is 5.56 Å². The molecule has 0 spiro atoms. The Balaban J connectivity index is 1.67. The summed E-state index contributed by atoms with van der Waals surface area (Å²) in [5.41, 5.74) is 1.76. The Morgan fingerprint density at radius 3 is 2.71 bits per heavy atom. The van der Waals surface area contributed by atoms with Gasteiger partial charge in [-0.05, 0) is 36.2 Å².